The summed E-state index contributed by atoms with van der Waals surface area (Å²) in [5.74, 6) is -1.42. The number of rotatable bonds is 5. The first kappa shape index (κ1) is 16.5. The van der Waals surface area contributed by atoms with E-state index < -0.39 is 17.9 Å². The predicted molar refractivity (Wildman–Crippen MR) is 82.6 cm³/mol. The lowest BCUT2D eigenvalue weighted by Crippen LogP contribution is -2.46. The van der Waals surface area contributed by atoms with Crippen molar-refractivity contribution in [3.63, 3.8) is 0 Å². The molecule has 5 heteroatoms. The average Bonchev–Trinajstić information content (AvgIpc) is 2.48. The Morgan fingerprint density at radius 2 is 2.14 bits per heavy atom. The second kappa shape index (κ2) is 6.92. The minimum absolute atomic E-state index is 0.000422. The molecule has 1 N–H and O–H groups in total. The molecule has 0 aromatic heterocycles. The van der Waals surface area contributed by atoms with E-state index in [-0.39, 0.29) is 12.3 Å². The molecule has 1 heterocycles. The summed E-state index contributed by atoms with van der Waals surface area (Å²) in [5, 5.41) is 9.59. The minimum Gasteiger partial charge on any atom is -0.481 e. The monoisotopic (exact) mass is 305 g/mol. The van der Waals surface area contributed by atoms with E-state index in [1.165, 1.54) is 0 Å². The highest BCUT2D eigenvalue weighted by Gasteiger charge is 2.41. The van der Waals surface area contributed by atoms with Gasteiger partial charge in [0, 0.05) is 20.1 Å². The van der Waals surface area contributed by atoms with Gasteiger partial charge in [-0.3, -0.25) is 9.59 Å². The highest BCUT2D eigenvalue weighted by atomic mass is 16.5. The van der Waals surface area contributed by atoms with Crippen molar-refractivity contribution in [1.29, 1.82) is 0 Å². The normalized spacial score (nSPS) is 22.0. The Bertz CT molecular complexity index is 570. The van der Waals surface area contributed by atoms with Gasteiger partial charge in [-0.05, 0) is 37.0 Å². The van der Waals surface area contributed by atoms with Crippen molar-refractivity contribution in [2.45, 2.75) is 32.7 Å². The molecule has 2 atom stereocenters. The smallest absolute Gasteiger partial charge is 0.308 e. The van der Waals surface area contributed by atoms with Crippen molar-refractivity contribution in [1.82, 2.24) is 4.90 Å². The van der Waals surface area contributed by atoms with Crippen molar-refractivity contribution in [2.75, 3.05) is 20.3 Å². The van der Waals surface area contributed by atoms with Crippen molar-refractivity contribution in [3.05, 3.63) is 34.9 Å². The van der Waals surface area contributed by atoms with E-state index in [1.807, 2.05) is 32.0 Å². The van der Waals surface area contributed by atoms with Crippen molar-refractivity contribution < 1.29 is 19.4 Å². The molecule has 1 aliphatic heterocycles. The second-order valence-electron chi connectivity index (χ2n) is 5.80. The number of hydrogen-bond donors (Lipinski definition) is 1. The van der Waals surface area contributed by atoms with Gasteiger partial charge in [-0.25, -0.2) is 0 Å². The van der Waals surface area contributed by atoms with Gasteiger partial charge < -0.3 is 14.7 Å². The van der Waals surface area contributed by atoms with Crippen LogP contribution < -0.4 is 0 Å². The summed E-state index contributed by atoms with van der Waals surface area (Å²) >= 11 is 0. The maximum Gasteiger partial charge on any atom is 0.308 e. The van der Waals surface area contributed by atoms with Crippen LogP contribution in [0.3, 0.4) is 0 Å². The van der Waals surface area contributed by atoms with Gasteiger partial charge >= 0.3 is 5.97 Å². The van der Waals surface area contributed by atoms with Crippen LogP contribution in [0.15, 0.2) is 18.2 Å². The number of piperidine rings is 1. The van der Waals surface area contributed by atoms with Crippen LogP contribution in [0.4, 0.5) is 0 Å². The third-order valence-electron chi connectivity index (χ3n) is 4.53. The molecule has 2 rings (SSSR count). The first-order valence-electron chi connectivity index (χ1n) is 7.54. The van der Waals surface area contributed by atoms with Gasteiger partial charge in [0.15, 0.2) is 0 Å². The third kappa shape index (κ3) is 3.14. The molecule has 1 fully saturated rings. The van der Waals surface area contributed by atoms with Gasteiger partial charge in [0.1, 0.15) is 0 Å². The molecule has 1 aromatic carbocycles. The number of carboxylic acid groups (broad SMARTS) is 1. The molecule has 0 saturated carbocycles. The summed E-state index contributed by atoms with van der Waals surface area (Å²) in [6.07, 6.45) is 0.664. The Hall–Kier alpha value is -1.88. The Labute approximate surface area is 130 Å². The SMILES string of the molecule is COCCN1C(=O)CC[C@@H](C(=O)O)[C@@H]1c1cccc(C)c1C. The van der Waals surface area contributed by atoms with Crippen LogP contribution in [0.5, 0.6) is 0 Å². The Balaban J connectivity index is 2.47. The number of carbonyl (C=O) groups excluding carboxylic acids is 1. The summed E-state index contributed by atoms with van der Waals surface area (Å²) in [7, 11) is 1.58. The highest BCUT2D eigenvalue weighted by molar-refractivity contribution is 5.82. The standard InChI is InChI=1S/C17H23NO4/c1-11-5-4-6-13(12(11)2)16-14(17(20)21)7-8-15(19)18(16)9-10-22-3/h4-6,14,16H,7-10H2,1-3H3,(H,20,21)/t14-,16+/m1/s1. The fourth-order valence-electron chi connectivity index (χ4n) is 3.14. The molecule has 0 spiro atoms. The number of aliphatic carboxylic acids is 1. The van der Waals surface area contributed by atoms with Gasteiger partial charge in [-0.2, -0.15) is 0 Å². The van der Waals surface area contributed by atoms with Crippen LogP contribution in [-0.4, -0.2) is 42.1 Å². The number of hydrogen-bond acceptors (Lipinski definition) is 3. The van der Waals surface area contributed by atoms with E-state index in [9.17, 15) is 14.7 Å². The topological polar surface area (TPSA) is 66.8 Å². The average molecular weight is 305 g/mol. The van der Waals surface area contributed by atoms with Crippen molar-refractivity contribution in [2.24, 2.45) is 5.92 Å². The number of amides is 1. The zero-order valence-electron chi connectivity index (χ0n) is 13.3. The number of ether oxygens (including phenoxy) is 1. The summed E-state index contributed by atoms with van der Waals surface area (Å²) in [5.41, 5.74) is 3.08. The van der Waals surface area contributed by atoms with Crippen LogP contribution in [0.25, 0.3) is 0 Å². The maximum atomic E-state index is 12.3. The van der Waals surface area contributed by atoms with Crippen LogP contribution in [0.1, 0.15) is 35.6 Å². The molecule has 0 aliphatic carbocycles. The molecule has 1 saturated heterocycles. The lowest BCUT2D eigenvalue weighted by molar-refractivity contribution is -0.152. The third-order valence-corrected chi connectivity index (χ3v) is 4.53. The Morgan fingerprint density at radius 1 is 1.41 bits per heavy atom. The largest absolute Gasteiger partial charge is 0.481 e. The number of aryl methyl sites for hydroxylation is 1. The number of likely N-dealkylation sites (tertiary alicyclic amines) is 1. The fraction of sp³-hybridized carbons (Fsp3) is 0.529. The minimum atomic E-state index is -0.846. The van der Waals surface area contributed by atoms with E-state index in [4.69, 9.17) is 4.74 Å². The van der Waals surface area contributed by atoms with E-state index in [1.54, 1.807) is 12.0 Å². The fourth-order valence-corrected chi connectivity index (χ4v) is 3.14. The van der Waals surface area contributed by atoms with Gasteiger partial charge in [-0.15, -0.1) is 0 Å². The van der Waals surface area contributed by atoms with Crippen LogP contribution >= 0.6 is 0 Å². The number of carboxylic acids is 1. The summed E-state index contributed by atoms with van der Waals surface area (Å²) in [6, 6.07) is 5.43. The van der Waals surface area contributed by atoms with Gasteiger partial charge in [0.25, 0.3) is 0 Å². The number of methoxy groups -OCH3 is 1. The highest BCUT2D eigenvalue weighted by Crippen LogP contribution is 2.38. The molecule has 5 nitrogen and oxygen atoms in total. The van der Waals surface area contributed by atoms with Gasteiger partial charge in [0.05, 0.1) is 18.6 Å². The van der Waals surface area contributed by atoms with Crippen LogP contribution in [0, 0.1) is 19.8 Å². The van der Waals surface area contributed by atoms with E-state index in [0.29, 0.717) is 19.6 Å². The van der Waals surface area contributed by atoms with Crippen LogP contribution in [-0.2, 0) is 14.3 Å². The zero-order chi connectivity index (χ0) is 16.3. The molecule has 1 aliphatic rings. The van der Waals surface area contributed by atoms with Gasteiger partial charge in [-0.1, -0.05) is 18.2 Å². The summed E-state index contributed by atoms with van der Waals surface area (Å²) < 4.78 is 5.09. The molecule has 1 amide bonds. The Morgan fingerprint density at radius 3 is 2.77 bits per heavy atom. The summed E-state index contributed by atoms with van der Waals surface area (Å²) in [4.78, 5) is 25.7. The predicted octanol–water partition coefficient (Wildman–Crippen LogP) is 2.31. The molecule has 1 aromatic rings. The maximum absolute atomic E-state index is 12.3. The molecule has 22 heavy (non-hydrogen) atoms. The summed E-state index contributed by atoms with van der Waals surface area (Å²) in [6.45, 7) is 4.80. The molecule has 0 unspecified atom stereocenters. The number of benzene rings is 1. The molecule has 120 valence electrons. The molecule has 0 bridgehead atoms. The lowest BCUT2D eigenvalue weighted by Gasteiger charge is -2.40. The first-order chi connectivity index (χ1) is 10.5. The number of nitrogens with zero attached hydrogens (tertiary/aromatic N) is 1. The second-order valence-corrected chi connectivity index (χ2v) is 5.80. The van der Waals surface area contributed by atoms with Crippen molar-refractivity contribution in [3.8, 4) is 0 Å². The molecule has 0 radical (unpaired) electrons. The molecular formula is C17H23NO4. The number of carbonyl (C=O) groups is 2. The van der Waals surface area contributed by atoms with Gasteiger partial charge in [0.2, 0.25) is 5.91 Å². The van der Waals surface area contributed by atoms with E-state index >= 15 is 0 Å². The molecular weight excluding hydrogens is 282 g/mol. The first-order valence-corrected chi connectivity index (χ1v) is 7.54. The van der Waals surface area contributed by atoms with Crippen LogP contribution in [0.2, 0.25) is 0 Å². The zero-order valence-corrected chi connectivity index (χ0v) is 13.3. The van der Waals surface area contributed by atoms with E-state index in [2.05, 4.69) is 0 Å². The lowest BCUT2D eigenvalue weighted by atomic mass is 9.82. The van der Waals surface area contributed by atoms with Crippen molar-refractivity contribution >= 4 is 11.9 Å². The quantitative estimate of drug-likeness (QED) is 0.906. The van der Waals surface area contributed by atoms with E-state index in [0.717, 1.165) is 16.7 Å². The Kier molecular flexibility index (Phi) is 5.19.